The first kappa shape index (κ1) is 18.5. The summed E-state index contributed by atoms with van der Waals surface area (Å²) in [6.07, 6.45) is 0. The normalized spacial score (nSPS) is 13.2. The number of nitrogens with zero attached hydrogens (tertiary/aromatic N) is 2. The Morgan fingerprint density at radius 3 is 2.14 bits per heavy atom. The van der Waals surface area contributed by atoms with Crippen LogP contribution in [0.4, 0.5) is 0 Å². The average molecular weight is 356 g/mol. The van der Waals surface area contributed by atoms with E-state index in [1.807, 2.05) is 0 Å². The van der Waals surface area contributed by atoms with E-state index >= 15 is 0 Å². The van der Waals surface area contributed by atoms with Gasteiger partial charge in [-0.3, -0.25) is 0 Å². The molecular weight excluding hydrogens is 334 g/mol. The van der Waals surface area contributed by atoms with Crippen molar-refractivity contribution in [3.05, 3.63) is 17.0 Å². The number of hydrogen-bond donors (Lipinski definition) is 1. The molecule has 0 radical (unpaired) electrons. The molecule has 0 saturated carbocycles. The van der Waals surface area contributed by atoms with Crippen molar-refractivity contribution in [1.29, 1.82) is 0 Å². The maximum absolute atomic E-state index is 12.0. The zero-order valence-electron chi connectivity index (χ0n) is 12.5. The molecule has 0 bridgehead atoms. The lowest BCUT2D eigenvalue weighted by Gasteiger charge is -2.18. The molecule has 0 amide bonds. The Hall–Kier alpha value is -0.520. The lowest BCUT2D eigenvalue weighted by molar-refractivity contribution is 0.435. The van der Waals surface area contributed by atoms with Crippen molar-refractivity contribution >= 4 is 31.6 Å². The van der Waals surface area contributed by atoms with Crippen LogP contribution in [0.2, 0.25) is 0 Å². The van der Waals surface area contributed by atoms with Crippen molar-refractivity contribution < 1.29 is 16.8 Å². The minimum Gasteiger partial charge on any atom is -0.206 e. The first-order chi connectivity index (χ1) is 9.65. The maximum Gasteiger partial charge on any atom is 0.279 e. The molecular formula is C11H21N3O4S3. The van der Waals surface area contributed by atoms with E-state index in [4.69, 9.17) is 0 Å². The van der Waals surface area contributed by atoms with Crippen molar-refractivity contribution in [2.45, 2.75) is 24.6 Å². The molecule has 0 fully saturated rings. The minimum atomic E-state index is -3.53. The smallest absolute Gasteiger partial charge is 0.206 e. The standard InChI is InChI=1S/C11H21N3O4S3/c1-5-14(6-2)21(17,18)12-9-10-7-8-11(19-10)20(15,16)13(3)4/h7-8,12H,5-6,9H2,1-4H3. The number of rotatable bonds is 8. The van der Waals surface area contributed by atoms with Gasteiger partial charge in [0.25, 0.3) is 20.2 Å². The summed E-state index contributed by atoms with van der Waals surface area (Å²) in [6.45, 7) is 4.37. The fourth-order valence-corrected chi connectivity index (χ4v) is 5.35. The average Bonchev–Trinajstić information content (AvgIpc) is 2.87. The van der Waals surface area contributed by atoms with Crippen LogP contribution < -0.4 is 4.72 Å². The highest BCUT2D eigenvalue weighted by molar-refractivity contribution is 7.91. The van der Waals surface area contributed by atoms with E-state index in [9.17, 15) is 16.8 Å². The number of sulfonamides is 1. The summed E-state index contributed by atoms with van der Waals surface area (Å²) in [6, 6.07) is 3.10. The van der Waals surface area contributed by atoms with E-state index in [1.165, 1.54) is 24.5 Å². The van der Waals surface area contributed by atoms with Crippen LogP contribution in [-0.2, 0) is 26.8 Å². The third-order valence-electron chi connectivity index (χ3n) is 2.85. The summed E-state index contributed by atoms with van der Waals surface area (Å²) in [5, 5.41) is 0. The SMILES string of the molecule is CCN(CC)S(=O)(=O)NCc1ccc(S(=O)(=O)N(C)C)s1. The van der Waals surface area contributed by atoms with Gasteiger partial charge in [0.05, 0.1) is 0 Å². The summed E-state index contributed by atoms with van der Waals surface area (Å²) in [7, 11) is -4.09. The Balaban J connectivity index is 2.82. The molecule has 1 aromatic rings. The molecule has 7 nitrogen and oxygen atoms in total. The molecule has 0 aliphatic carbocycles. The van der Waals surface area contributed by atoms with Gasteiger partial charge in [0, 0.05) is 38.6 Å². The van der Waals surface area contributed by atoms with E-state index < -0.39 is 20.2 Å². The summed E-state index contributed by atoms with van der Waals surface area (Å²) in [5.41, 5.74) is 0. The number of nitrogens with one attached hydrogen (secondary N) is 1. The van der Waals surface area contributed by atoms with Crippen molar-refractivity contribution in [3.63, 3.8) is 0 Å². The van der Waals surface area contributed by atoms with E-state index in [-0.39, 0.29) is 10.8 Å². The largest absolute Gasteiger partial charge is 0.279 e. The molecule has 1 N–H and O–H groups in total. The van der Waals surface area contributed by atoms with Gasteiger partial charge in [-0.25, -0.2) is 12.7 Å². The van der Waals surface area contributed by atoms with E-state index in [1.54, 1.807) is 19.9 Å². The first-order valence-corrected chi connectivity index (χ1v) is 10.1. The van der Waals surface area contributed by atoms with Gasteiger partial charge in [-0.2, -0.15) is 17.4 Å². The summed E-state index contributed by atoms with van der Waals surface area (Å²) < 4.78 is 52.9. The molecule has 21 heavy (non-hydrogen) atoms. The monoisotopic (exact) mass is 355 g/mol. The van der Waals surface area contributed by atoms with Crippen LogP contribution in [0.25, 0.3) is 0 Å². The number of thiophene rings is 1. The lowest BCUT2D eigenvalue weighted by Crippen LogP contribution is -2.39. The highest BCUT2D eigenvalue weighted by Crippen LogP contribution is 2.23. The highest BCUT2D eigenvalue weighted by Gasteiger charge is 2.21. The molecule has 0 unspecified atom stereocenters. The van der Waals surface area contributed by atoms with Gasteiger partial charge in [0.2, 0.25) is 0 Å². The lowest BCUT2D eigenvalue weighted by atomic mass is 10.5. The third kappa shape index (κ3) is 4.47. The van der Waals surface area contributed by atoms with Crippen molar-refractivity contribution in [1.82, 2.24) is 13.3 Å². The van der Waals surface area contributed by atoms with Crippen LogP contribution in [-0.4, -0.2) is 52.6 Å². The summed E-state index contributed by atoms with van der Waals surface area (Å²) in [4.78, 5) is 0.645. The number of hydrogen-bond acceptors (Lipinski definition) is 5. The quantitative estimate of drug-likeness (QED) is 0.743. The van der Waals surface area contributed by atoms with E-state index in [0.29, 0.717) is 18.0 Å². The molecule has 1 aromatic heterocycles. The zero-order chi connectivity index (χ0) is 16.3. The minimum absolute atomic E-state index is 0.0758. The van der Waals surface area contributed by atoms with E-state index in [2.05, 4.69) is 4.72 Å². The fraction of sp³-hybridized carbons (Fsp3) is 0.636. The molecule has 0 aliphatic heterocycles. The molecule has 122 valence electrons. The molecule has 0 spiro atoms. The molecule has 0 aliphatic rings. The van der Waals surface area contributed by atoms with Crippen LogP contribution in [0.5, 0.6) is 0 Å². The van der Waals surface area contributed by atoms with Crippen LogP contribution >= 0.6 is 11.3 Å². The van der Waals surface area contributed by atoms with Crippen LogP contribution in [0.15, 0.2) is 16.3 Å². The molecule has 0 saturated heterocycles. The van der Waals surface area contributed by atoms with Gasteiger partial charge < -0.3 is 0 Å². The second kappa shape index (κ2) is 7.16. The zero-order valence-corrected chi connectivity index (χ0v) is 15.0. The van der Waals surface area contributed by atoms with Gasteiger partial charge in [0.1, 0.15) is 4.21 Å². The Morgan fingerprint density at radius 1 is 1.10 bits per heavy atom. The Bertz CT molecular complexity index is 661. The summed E-state index contributed by atoms with van der Waals surface area (Å²) >= 11 is 1.06. The summed E-state index contributed by atoms with van der Waals surface area (Å²) in [5.74, 6) is 0. The third-order valence-corrected chi connectivity index (χ3v) is 7.92. The van der Waals surface area contributed by atoms with E-state index in [0.717, 1.165) is 15.6 Å². The maximum atomic E-state index is 12.0. The second-order valence-electron chi connectivity index (χ2n) is 4.42. The highest BCUT2D eigenvalue weighted by atomic mass is 32.2. The van der Waals surface area contributed by atoms with Crippen molar-refractivity contribution in [2.24, 2.45) is 0 Å². The van der Waals surface area contributed by atoms with Crippen LogP contribution in [0, 0.1) is 0 Å². The van der Waals surface area contributed by atoms with Gasteiger partial charge in [-0.15, -0.1) is 11.3 Å². The molecule has 10 heteroatoms. The predicted molar refractivity (Wildman–Crippen MR) is 83.9 cm³/mol. The van der Waals surface area contributed by atoms with Crippen molar-refractivity contribution in [2.75, 3.05) is 27.2 Å². The Morgan fingerprint density at radius 2 is 1.67 bits per heavy atom. The molecule has 1 rings (SSSR count). The topological polar surface area (TPSA) is 86.8 Å². The first-order valence-electron chi connectivity index (χ1n) is 6.41. The Labute approximate surface area is 130 Å². The molecule has 1 heterocycles. The van der Waals surface area contributed by atoms with Crippen LogP contribution in [0.3, 0.4) is 0 Å². The van der Waals surface area contributed by atoms with Gasteiger partial charge in [-0.1, -0.05) is 13.8 Å². The van der Waals surface area contributed by atoms with Crippen LogP contribution in [0.1, 0.15) is 18.7 Å². The van der Waals surface area contributed by atoms with Gasteiger partial charge >= 0.3 is 0 Å². The van der Waals surface area contributed by atoms with Gasteiger partial charge in [0.15, 0.2) is 0 Å². The molecule has 0 aromatic carbocycles. The van der Waals surface area contributed by atoms with Crippen molar-refractivity contribution in [3.8, 4) is 0 Å². The predicted octanol–water partition coefficient (Wildman–Crippen LogP) is 0.675. The Kier molecular flexibility index (Phi) is 6.32. The van der Waals surface area contributed by atoms with Gasteiger partial charge in [-0.05, 0) is 12.1 Å². The molecule has 0 atom stereocenters. The second-order valence-corrected chi connectivity index (χ2v) is 9.72. The fourth-order valence-electron chi connectivity index (χ4n) is 1.59.